The molecule has 0 aliphatic heterocycles. The molecule has 0 bridgehead atoms. The number of esters is 1. The van der Waals surface area contributed by atoms with Gasteiger partial charge in [-0.3, -0.25) is 0 Å². The summed E-state index contributed by atoms with van der Waals surface area (Å²) in [6.07, 6.45) is 3.02. The van der Waals surface area contributed by atoms with E-state index in [9.17, 15) is 4.79 Å². The first-order chi connectivity index (χ1) is 7.20. The molecule has 0 spiro atoms. The van der Waals surface area contributed by atoms with Gasteiger partial charge in [-0.15, -0.1) is 0 Å². The molecule has 88 valence electrons. The maximum Gasteiger partial charge on any atom is 0.333 e. The van der Waals surface area contributed by atoms with Gasteiger partial charge in [0.25, 0.3) is 0 Å². The topological polar surface area (TPSA) is 54.0 Å². The summed E-state index contributed by atoms with van der Waals surface area (Å²) in [6.45, 7) is 4.49. The molecule has 0 fully saturated rings. The van der Waals surface area contributed by atoms with Gasteiger partial charge in [-0.05, 0) is 13.3 Å². The van der Waals surface area contributed by atoms with Gasteiger partial charge in [0.05, 0.1) is 19.4 Å². The smallest absolute Gasteiger partial charge is 0.333 e. The van der Waals surface area contributed by atoms with Crippen molar-refractivity contribution in [2.45, 2.75) is 26.6 Å². The summed E-state index contributed by atoms with van der Waals surface area (Å²) >= 11 is 0. The van der Waals surface area contributed by atoms with E-state index in [1.165, 1.54) is 19.4 Å². The van der Waals surface area contributed by atoms with Gasteiger partial charge in [-0.25, -0.2) is 4.79 Å². The van der Waals surface area contributed by atoms with E-state index in [-0.39, 0.29) is 13.1 Å². The molecule has 0 amide bonds. The molecule has 0 heterocycles. The highest BCUT2D eigenvalue weighted by molar-refractivity contribution is 5.81. The summed E-state index contributed by atoms with van der Waals surface area (Å²) in [5, 5.41) is 0. The Hall–Kier alpha value is -1.07. The molecule has 0 radical (unpaired) electrons. The summed E-state index contributed by atoms with van der Waals surface area (Å²) in [7, 11) is 1.30. The number of carbonyl (C=O) groups excluding carboxylic acids is 1. The van der Waals surface area contributed by atoms with Crippen molar-refractivity contribution < 1.29 is 23.7 Å². The van der Waals surface area contributed by atoms with Crippen molar-refractivity contribution in [3.05, 3.63) is 12.3 Å². The van der Waals surface area contributed by atoms with Crippen LogP contribution in [0, 0.1) is 0 Å². The molecule has 0 aromatic heterocycles. The highest BCUT2D eigenvalue weighted by atomic mass is 16.7. The Morgan fingerprint density at radius 2 is 2.13 bits per heavy atom. The standard InChI is InChI=1S/C10H18O5/c1-4-6-14-9(2)15-8-13-7-5-10(11)12-3/h5,7,9H,4,6,8H2,1-3H3/b7-5+. The second-order valence-electron chi connectivity index (χ2n) is 2.72. The Morgan fingerprint density at radius 3 is 2.73 bits per heavy atom. The maximum absolute atomic E-state index is 10.6. The van der Waals surface area contributed by atoms with Gasteiger partial charge in [0.1, 0.15) is 0 Å². The van der Waals surface area contributed by atoms with E-state index in [2.05, 4.69) is 4.74 Å². The molecule has 0 aromatic carbocycles. The van der Waals surface area contributed by atoms with Crippen molar-refractivity contribution in [2.24, 2.45) is 0 Å². The number of ether oxygens (including phenoxy) is 4. The minimum absolute atomic E-state index is 0.0401. The van der Waals surface area contributed by atoms with E-state index >= 15 is 0 Å². The fourth-order valence-corrected chi connectivity index (χ4v) is 0.678. The van der Waals surface area contributed by atoms with Gasteiger partial charge < -0.3 is 18.9 Å². The largest absolute Gasteiger partial charge is 0.475 e. The fraction of sp³-hybridized carbons (Fsp3) is 0.700. The van der Waals surface area contributed by atoms with Crippen LogP contribution in [0.1, 0.15) is 20.3 Å². The van der Waals surface area contributed by atoms with Crippen molar-refractivity contribution >= 4 is 5.97 Å². The molecule has 0 saturated carbocycles. The van der Waals surface area contributed by atoms with E-state index in [1.54, 1.807) is 6.92 Å². The Labute approximate surface area is 89.9 Å². The van der Waals surface area contributed by atoms with E-state index < -0.39 is 5.97 Å². The first-order valence-electron chi connectivity index (χ1n) is 4.80. The van der Waals surface area contributed by atoms with Crippen LogP contribution in [-0.2, 0) is 23.7 Å². The van der Waals surface area contributed by atoms with Crippen LogP contribution in [0.2, 0.25) is 0 Å². The number of hydrogen-bond donors (Lipinski definition) is 0. The molecular formula is C10H18O5. The quantitative estimate of drug-likeness (QED) is 0.203. The Bertz CT molecular complexity index is 190. The minimum atomic E-state index is -0.467. The predicted molar refractivity (Wildman–Crippen MR) is 53.9 cm³/mol. The van der Waals surface area contributed by atoms with Crippen LogP contribution in [0.15, 0.2) is 12.3 Å². The van der Waals surface area contributed by atoms with Crippen molar-refractivity contribution in [1.82, 2.24) is 0 Å². The zero-order valence-corrected chi connectivity index (χ0v) is 9.39. The third kappa shape index (κ3) is 9.24. The fourth-order valence-electron chi connectivity index (χ4n) is 0.678. The first kappa shape index (κ1) is 13.9. The lowest BCUT2D eigenvalue weighted by Gasteiger charge is -2.12. The maximum atomic E-state index is 10.6. The Morgan fingerprint density at radius 1 is 1.40 bits per heavy atom. The molecule has 1 unspecified atom stereocenters. The highest BCUT2D eigenvalue weighted by Crippen LogP contribution is 1.95. The third-order valence-corrected chi connectivity index (χ3v) is 1.43. The normalized spacial score (nSPS) is 12.7. The predicted octanol–water partition coefficient (Wildman–Crippen LogP) is 1.44. The lowest BCUT2D eigenvalue weighted by atomic mass is 10.5. The van der Waals surface area contributed by atoms with Gasteiger partial charge in [0.15, 0.2) is 13.1 Å². The monoisotopic (exact) mass is 218 g/mol. The van der Waals surface area contributed by atoms with E-state index in [4.69, 9.17) is 14.2 Å². The van der Waals surface area contributed by atoms with Crippen molar-refractivity contribution in [3.8, 4) is 0 Å². The van der Waals surface area contributed by atoms with Crippen LogP contribution in [0.5, 0.6) is 0 Å². The average Bonchev–Trinajstić information content (AvgIpc) is 2.25. The SMILES string of the molecule is CCCOC(C)OCO/C=C/C(=O)OC. The van der Waals surface area contributed by atoms with Crippen LogP contribution in [0.3, 0.4) is 0 Å². The number of rotatable bonds is 8. The molecule has 0 saturated heterocycles. The van der Waals surface area contributed by atoms with Crippen molar-refractivity contribution in [1.29, 1.82) is 0 Å². The van der Waals surface area contributed by atoms with E-state index in [1.807, 2.05) is 6.92 Å². The number of carbonyl (C=O) groups is 1. The lowest BCUT2D eigenvalue weighted by molar-refractivity contribution is -0.173. The van der Waals surface area contributed by atoms with Gasteiger partial charge in [-0.2, -0.15) is 0 Å². The summed E-state index contributed by atoms with van der Waals surface area (Å²) in [5.41, 5.74) is 0. The first-order valence-corrected chi connectivity index (χ1v) is 4.80. The molecule has 5 nitrogen and oxygen atoms in total. The van der Waals surface area contributed by atoms with Crippen LogP contribution in [0.25, 0.3) is 0 Å². The van der Waals surface area contributed by atoms with Crippen LogP contribution < -0.4 is 0 Å². The third-order valence-electron chi connectivity index (χ3n) is 1.43. The van der Waals surface area contributed by atoms with Crippen LogP contribution in [-0.4, -0.2) is 32.8 Å². The molecule has 1 atom stereocenters. The number of methoxy groups -OCH3 is 1. The van der Waals surface area contributed by atoms with Crippen LogP contribution in [0.4, 0.5) is 0 Å². The molecule has 0 rings (SSSR count). The van der Waals surface area contributed by atoms with E-state index in [0.29, 0.717) is 6.61 Å². The van der Waals surface area contributed by atoms with Crippen LogP contribution >= 0.6 is 0 Å². The highest BCUT2D eigenvalue weighted by Gasteiger charge is 1.99. The summed E-state index contributed by atoms with van der Waals surface area (Å²) in [4.78, 5) is 10.6. The van der Waals surface area contributed by atoms with Crippen molar-refractivity contribution in [3.63, 3.8) is 0 Å². The van der Waals surface area contributed by atoms with Gasteiger partial charge in [0, 0.05) is 6.61 Å². The second kappa shape index (κ2) is 9.48. The van der Waals surface area contributed by atoms with Gasteiger partial charge in [0.2, 0.25) is 0 Å². The average molecular weight is 218 g/mol. The minimum Gasteiger partial charge on any atom is -0.475 e. The summed E-state index contributed by atoms with van der Waals surface area (Å²) < 4.78 is 19.6. The molecule has 0 N–H and O–H groups in total. The second-order valence-corrected chi connectivity index (χ2v) is 2.72. The molecule has 0 aliphatic carbocycles. The molecule has 5 heteroatoms. The molecule has 0 aliphatic rings. The number of hydrogen-bond acceptors (Lipinski definition) is 5. The zero-order valence-electron chi connectivity index (χ0n) is 9.39. The molecule has 15 heavy (non-hydrogen) atoms. The van der Waals surface area contributed by atoms with Gasteiger partial charge in [-0.1, -0.05) is 6.92 Å². The van der Waals surface area contributed by atoms with Crippen molar-refractivity contribution in [2.75, 3.05) is 20.5 Å². The Balaban J connectivity index is 3.37. The summed E-state index contributed by atoms with van der Waals surface area (Å²) in [5.74, 6) is -0.467. The molecular weight excluding hydrogens is 200 g/mol. The lowest BCUT2D eigenvalue weighted by Crippen LogP contribution is -2.14. The van der Waals surface area contributed by atoms with E-state index in [0.717, 1.165) is 6.42 Å². The molecule has 0 aromatic rings. The Kier molecular flexibility index (Phi) is 8.81. The summed E-state index contributed by atoms with van der Waals surface area (Å²) in [6, 6.07) is 0. The zero-order chi connectivity index (χ0) is 11.5. The van der Waals surface area contributed by atoms with Gasteiger partial charge >= 0.3 is 5.97 Å².